The molecule has 0 amide bonds. The van der Waals surface area contributed by atoms with Gasteiger partial charge in [-0.05, 0) is 49.3 Å². The third-order valence-electron chi connectivity index (χ3n) is 4.07. The predicted octanol–water partition coefficient (Wildman–Crippen LogP) is 3.77. The standard InChI is InChI=1S/C18H19NO/c1-13-9-14(12-19-11-13)10-16-7-4-6-15-5-2-3-8-17(15)18(16)20/h2-3,5,8-9,11-12,16H,4,6-7,10H2,1H3. The van der Waals surface area contributed by atoms with Crippen LogP contribution in [-0.2, 0) is 12.8 Å². The number of fused-ring (bicyclic) bond motifs is 1. The highest BCUT2D eigenvalue weighted by Gasteiger charge is 2.25. The maximum absolute atomic E-state index is 12.7. The van der Waals surface area contributed by atoms with Gasteiger partial charge in [0.1, 0.15) is 0 Å². The Kier molecular flexibility index (Phi) is 3.64. The first-order valence-corrected chi connectivity index (χ1v) is 7.26. The van der Waals surface area contributed by atoms with Crippen LogP contribution < -0.4 is 0 Å². The van der Waals surface area contributed by atoms with E-state index in [0.717, 1.165) is 36.8 Å². The molecule has 1 unspecified atom stereocenters. The van der Waals surface area contributed by atoms with Gasteiger partial charge in [0.15, 0.2) is 5.78 Å². The van der Waals surface area contributed by atoms with Crippen molar-refractivity contribution in [2.75, 3.05) is 0 Å². The highest BCUT2D eigenvalue weighted by Crippen LogP contribution is 2.27. The van der Waals surface area contributed by atoms with Crippen molar-refractivity contribution in [2.45, 2.75) is 32.6 Å². The Morgan fingerprint density at radius 2 is 2.10 bits per heavy atom. The Labute approximate surface area is 119 Å². The second kappa shape index (κ2) is 5.58. The summed E-state index contributed by atoms with van der Waals surface area (Å²) in [5.74, 6) is 0.404. The summed E-state index contributed by atoms with van der Waals surface area (Å²) in [6.07, 6.45) is 7.63. The molecule has 0 fully saturated rings. The fourth-order valence-corrected chi connectivity index (χ4v) is 3.08. The van der Waals surface area contributed by atoms with Crippen molar-refractivity contribution in [3.8, 4) is 0 Å². The number of carbonyl (C=O) groups excluding carboxylic acids is 1. The molecule has 102 valence electrons. The summed E-state index contributed by atoms with van der Waals surface area (Å²) in [6.45, 7) is 2.04. The minimum absolute atomic E-state index is 0.0993. The highest BCUT2D eigenvalue weighted by atomic mass is 16.1. The third-order valence-corrected chi connectivity index (χ3v) is 4.07. The van der Waals surface area contributed by atoms with E-state index in [1.807, 2.05) is 37.5 Å². The van der Waals surface area contributed by atoms with Crippen LogP contribution in [0, 0.1) is 12.8 Å². The molecular weight excluding hydrogens is 246 g/mol. The summed E-state index contributed by atoms with van der Waals surface area (Å²) in [5, 5.41) is 0. The van der Waals surface area contributed by atoms with Gasteiger partial charge in [-0.3, -0.25) is 9.78 Å². The molecule has 0 aliphatic heterocycles. The van der Waals surface area contributed by atoms with Gasteiger partial charge in [0.2, 0.25) is 0 Å². The zero-order chi connectivity index (χ0) is 13.9. The van der Waals surface area contributed by atoms with E-state index in [-0.39, 0.29) is 5.92 Å². The van der Waals surface area contributed by atoms with Crippen LogP contribution in [-0.4, -0.2) is 10.8 Å². The molecule has 2 nitrogen and oxygen atoms in total. The van der Waals surface area contributed by atoms with Gasteiger partial charge in [-0.2, -0.15) is 0 Å². The lowest BCUT2D eigenvalue weighted by molar-refractivity contribution is 0.0915. The summed E-state index contributed by atoms with van der Waals surface area (Å²) in [4.78, 5) is 16.9. The molecule has 1 aliphatic rings. The minimum Gasteiger partial charge on any atom is -0.294 e. The van der Waals surface area contributed by atoms with E-state index in [9.17, 15) is 4.79 Å². The predicted molar refractivity (Wildman–Crippen MR) is 79.9 cm³/mol. The normalized spacial score (nSPS) is 18.4. The number of Topliss-reactive ketones (excluding diaryl/α,β-unsaturated/α-hetero) is 1. The minimum atomic E-state index is 0.0993. The van der Waals surface area contributed by atoms with Gasteiger partial charge in [0.25, 0.3) is 0 Å². The zero-order valence-corrected chi connectivity index (χ0v) is 11.8. The van der Waals surface area contributed by atoms with Crippen LogP contribution in [0.3, 0.4) is 0 Å². The number of hydrogen-bond acceptors (Lipinski definition) is 2. The average Bonchev–Trinajstić information content (AvgIpc) is 2.60. The molecule has 0 N–H and O–H groups in total. The van der Waals surface area contributed by atoms with Crippen LogP contribution in [0.25, 0.3) is 0 Å². The summed E-state index contributed by atoms with van der Waals surface area (Å²) in [7, 11) is 0. The molecule has 2 heteroatoms. The summed E-state index contributed by atoms with van der Waals surface area (Å²) in [6, 6.07) is 10.2. The van der Waals surface area contributed by atoms with Crippen molar-refractivity contribution in [3.05, 3.63) is 65.0 Å². The molecule has 0 radical (unpaired) electrons. The Balaban J connectivity index is 1.86. The number of hydrogen-bond donors (Lipinski definition) is 0. The fraction of sp³-hybridized carbons (Fsp3) is 0.333. The van der Waals surface area contributed by atoms with Crippen LogP contribution in [0.15, 0.2) is 42.7 Å². The van der Waals surface area contributed by atoms with Crippen molar-refractivity contribution in [1.29, 1.82) is 0 Å². The molecule has 1 atom stereocenters. The number of benzene rings is 1. The Bertz CT molecular complexity index is 633. The third kappa shape index (κ3) is 2.64. The largest absolute Gasteiger partial charge is 0.294 e. The van der Waals surface area contributed by atoms with Crippen LogP contribution in [0.1, 0.15) is 39.9 Å². The molecular formula is C18H19NO. The van der Waals surface area contributed by atoms with E-state index in [0.29, 0.717) is 5.78 Å². The lowest BCUT2D eigenvalue weighted by atomic mass is 9.89. The van der Waals surface area contributed by atoms with E-state index in [1.54, 1.807) is 0 Å². The first kappa shape index (κ1) is 13.0. The lowest BCUT2D eigenvalue weighted by Crippen LogP contribution is -2.16. The second-order valence-electron chi connectivity index (χ2n) is 5.69. The number of ketones is 1. The molecule has 3 rings (SSSR count). The van der Waals surface area contributed by atoms with Crippen molar-refractivity contribution < 1.29 is 4.79 Å². The quantitative estimate of drug-likeness (QED) is 0.774. The molecule has 1 aliphatic carbocycles. The van der Waals surface area contributed by atoms with Gasteiger partial charge in [-0.1, -0.05) is 30.3 Å². The van der Waals surface area contributed by atoms with Gasteiger partial charge < -0.3 is 0 Å². The summed E-state index contributed by atoms with van der Waals surface area (Å²) >= 11 is 0. The van der Waals surface area contributed by atoms with E-state index in [1.165, 1.54) is 11.1 Å². The van der Waals surface area contributed by atoms with Crippen LogP contribution in [0.5, 0.6) is 0 Å². The van der Waals surface area contributed by atoms with E-state index >= 15 is 0 Å². The number of nitrogens with zero attached hydrogens (tertiary/aromatic N) is 1. The Morgan fingerprint density at radius 3 is 2.95 bits per heavy atom. The van der Waals surface area contributed by atoms with Crippen LogP contribution in [0.4, 0.5) is 0 Å². The van der Waals surface area contributed by atoms with E-state index < -0.39 is 0 Å². The first-order valence-electron chi connectivity index (χ1n) is 7.26. The van der Waals surface area contributed by atoms with Gasteiger partial charge in [-0.25, -0.2) is 0 Å². The molecule has 0 saturated carbocycles. The van der Waals surface area contributed by atoms with Crippen molar-refractivity contribution in [3.63, 3.8) is 0 Å². The maximum atomic E-state index is 12.7. The van der Waals surface area contributed by atoms with Crippen LogP contribution >= 0.6 is 0 Å². The van der Waals surface area contributed by atoms with Gasteiger partial charge in [0, 0.05) is 23.9 Å². The number of rotatable bonds is 2. The fourth-order valence-electron chi connectivity index (χ4n) is 3.08. The SMILES string of the molecule is Cc1cncc(CC2CCCc3ccccc3C2=O)c1. The van der Waals surface area contributed by atoms with Gasteiger partial charge >= 0.3 is 0 Å². The molecule has 0 spiro atoms. The Morgan fingerprint density at radius 1 is 1.25 bits per heavy atom. The van der Waals surface area contributed by atoms with E-state index in [4.69, 9.17) is 0 Å². The molecule has 0 bridgehead atoms. The van der Waals surface area contributed by atoms with Crippen molar-refractivity contribution in [2.24, 2.45) is 5.92 Å². The smallest absolute Gasteiger partial charge is 0.166 e. The molecule has 20 heavy (non-hydrogen) atoms. The number of pyridine rings is 1. The lowest BCUT2D eigenvalue weighted by Gasteiger charge is -2.13. The zero-order valence-electron chi connectivity index (χ0n) is 11.8. The number of aryl methyl sites for hydroxylation is 2. The van der Waals surface area contributed by atoms with E-state index in [2.05, 4.69) is 17.1 Å². The number of aromatic nitrogens is 1. The molecule has 1 aromatic carbocycles. The van der Waals surface area contributed by atoms with Gasteiger partial charge in [-0.15, -0.1) is 0 Å². The summed E-state index contributed by atoms with van der Waals surface area (Å²) < 4.78 is 0. The average molecular weight is 265 g/mol. The van der Waals surface area contributed by atoms with Gasteiger partial charge in [0.05, 0.1) is 0 Å². The monoisotopic (exact) mass is 265 g/mol. The Hall–Kier alpha value is -1.96. The van der Waals surface area contributed by atoms with Crippen molar-refractivity contribution >= 4 is 5.78 Å². The first-order chi connectivity index (χ1) is 9.74. The van der Waals surface area contributed by atoms with Crippen LogP contribution in [0.2, 0.25) is 0 Å². The summed E-state index contributed by atoms with van der Waals surface area (Å²) in [5.41, 5.74) is 4.46. The van der Waals surface area contributed by atoms with Crippen molar-refractivity contribution in [1.82, 2.24) is 4.98 Å². The number of carbonyl (C=O) groups is 1. The molecule has 1 aromatic heterocycles. The second-order valence-corrected chi connectivity index (χ2v) is 5.69. The molecule has 0 saturated heterocycles. The maximum Gasteiger partial charge on any atom is 0.166 e. The topological polar surface area (TPSA) is 30.0 Å². The highest BCUT2D eigenvalue weighted by molar-refractivity contribution is 5.99. The molecule has 2 aromatic rings. The molecule has 1 heterocycles.